The van der Waals surface area contributed by atoms with Gasteiger partial charge in [0.2, 0.25) is 0 Å². The average Bonchev–Trinajstić information content (AvgIpc) is 2.47. The molecule has 0 spiro atoms. The van der Waals surface area contributed by atoms with E-state index in [1.54, 1.807) is 6.20 Å². The van der Waals surface area contributed by atoms with Gasteiger partial charge in [-0.15, -0.1) is 0 Å². The quantitative estimate of drug-likeness (QED) is 0.694. The molecule has 0 unspecified atom stereocenters. The third-order valence-electron chi connectivity index (χ3n) is 3.05. The van der Waals surface area contributed by atoms with Gasteiger partial charge in [0.25, 0.3) is 0 Å². The first-order chi connectivity index (χ1) is 9.24. The Hall–Kier alpha value is -2.41. The van der Waals surface area contributed by atoms with Crippen molar-refractivity contribution in [1.82, 2.24) is 0 Å². The van der Waals surface area contributed by atoms with Crippen molar-refractivity contribution in [3.8, 4) is 0 Å². The zero-order valence-corrected chi connectivity index (χ0v) is 11.1. The van der Waals surface area contributed by atoms with Crippen molar-refractivity contribution >= 4 is 11.3 Å². The van der Waals surface area contributed by atoms with Gasteiger partial charge in [-0.2, -0.15) is 0 Å². The van der Waals surface area contributed by atoms with Gasteiger partial charge in [0.1, 0.15) is 0 Å². The summed E-state index contributed by atoms with van der Waals surface area (Å²) in [5.41, 5.74) is 5.28. The van der Waals surface area contributed by atoms with Crippen LogP contribution < -0.4 is 0 Å². The first-order valence-electron chi connectivity index (χ1n) is 6.23. The highest BCUT2D eigenvalue weighted by Crippen LogP contribution is 2.25. The largest absolute Gasteiger partial charge is 0.262 e. The smallest absolute Gasteiger partial charge is 0.0450 e. The molecule has 2 rings (SSSR count). The number of nitrogens with zero attached hydrogens (tertiary/aromatic N) is 1. The maximum absolute atomic E-state index is 4.27. The van der Waals surface area contributed by atoms with Gasteiger partial charge in [-0.1, -0.05) is 67.8 Å². The third kappa shape index (κ3) is 2.89. The van der Waals surface area contributed by atoms with Crippen molar-refractivity contribution in [3.05, 3.63) is 90.6 Å². The minimum absolute atomic E-state index is 0.947. The van der Waals surface area contributed by atoms with E-state index < -0.39 is 0 Å². The second-order valence-corrected chi connectivity index (χ2v) is 4.29. The predicted octanol–water partition coefficient (Wildman–Crippen LogP) is 4.70. The maximum Gasteiger partial charge on any atom is 0.0450 e. The lowest BCUT2D eigenvalue weighted by Crippen LogP contribution is -2.00. The van der Waals surface area contributed by atoms with Crippen molar-refractivity contribution in [2.45, 2.75) is 6.92 Å². The van der Waals surface area contributed by atoms with Crippen molar-refractivity contribution in [2.24, 2.45) is 4.99 Å². The Kier molecular flexibility index (Phi) is 4.09. The first kappa shape index (κ1) is 13.0. The lowest BCUT2D eigenvalue weighted by Gasteiger charge is -2.12. The molecule has 2 aromatic carbocycles. The summed E-state index contributed by atoms with van der Waals surface area (Å²) >= 11 is 0. The maximum atomic E-state index is 4.27. The minimum Gasteiger partial charge on any atom is -0.262 e. The molecular formula is C18H17N. The Morgan fingerprint density at radius 3 is 2.16 bits per heavy atom. The molecular weight excluding hydrogens is 230 g/mol. The summed E-state index contributed by atoms with van der Waals surface area (Å²) in [5.74, 6) is 0. The molecule has 0 aromatic heterocycles. The molecule has 2 aromatic rings. The van der Waals surface area contributed by atoms with Crippen LogP contribution in [0, 0.1) is 0 Å². The van der Waals surface area contributed by atoms with Crippen LogP contribution in [0.15, 0.2) is 78.9 Å². The van der Waals surface area contributed by atoms with Gasteiger partial charge in [-0.25, -0.2) is 0 Å². The van der Waals surface area contributed by atoms with Gasteiger partial charge in [0, 0.05) is 17.5 Å². The van der Waals surface area contributed by atoms with Crippen molar-refractivity contribution in [3.63, 3.8) is 0 Å². The topological polar surface area (TPSA) is 12.4 Å². The van der Waals surface area contributed by atoms with Gasteiger partial charge in [-0.05, 0) is 23.6 Å². The van der Waals surface area contributed by atoms with E-state index in [1.807, 2.05) is 37.3 Å². The van der Waals surface area contributed by atoms with Crippen LogP contribution in [0.4, 0.5) is 0 Å². The fourth-order valence-electron chi connectivity index (χ4n) is 2.06. The molecule has 1 nitrogen and oxygen atoms in total. The molecule has 1 heteroatoms. The molecule has 0 atom stereocenters. The van der Waals surface area contributed by atoms with E-state index in [0.717, 1.165) is 28.0 Å². The molecule has 0 fully saturated rings. The van der Waals surface area contributed by atoms with Gasteiger partial charge in [0.15, 0.2) is 0 Å². The summed E-state index contributed by atoms with van der Waals surface area (Å²) in [5, 5.41) is 0. The Morgan fingerprint density at radius 2 is 1.53 bits per heavy atom. The van der Waals surface area contributed by atoms with E-state index in [1.165, 1.54) is 0 Å². The zero-order valence-electron chi connectivity index (χ0n) is 11.1. The molecule has 0 aliphatic rings. The van der Waals surface area contributed by atoms with E-state index in [-0.39, 0.29) is 0 Å². The fourth-order valence-corrected chi connectivity index (χ4v) is 2.06. The summed E-state index contributed by atoms with van der Waals surface area (Å²) in [6.45, 7) is 9.85. The molecule has 19 heavy (non-hydrogen) atoms. The number of hydrogen-bond donors (Lipinski definition) is 0. The van der Waals surface area contributed by atoms with Gasteiger partial charge in [0.05, 0.1) is 0 Å². The number of hydrogen-bond acceptors (Lipinski definition) is 1. The summed E-state index contributed by atoms with van der Waals surface area (Å²) in [6, 6.07) is 18.4. The summed E-state index contributed by atoms with van der Waals surface area (Å²) < 4.78 is 0. The number of aliphatic imine (C=N–C) groups is 1. The summed E-state index contributed by atoms with van der Waals surface area (Å²) in [6.07, 6.45) is 1.57. The van der Waals surface area contributed by atoms with Crippen molar-refractivity contribution < 1.29 is 0 Å². The second-order valence-electron chi connectivity index (χ2n) is 4.29. The summed E-state index contributed by atoms with van der Waals surface area (Å²) in [7, 11) is 0. The van der Waals surface area contributed by atoms with Crippen LogP contribution >= 0.6 is 0 Å². The molecule has 0 saturated heterocycles. The van der Waals surface area contributed by atoms with Gasteiger partial charge in [-0.3, -0.25) is 4.99 Å². The Bertz CT molecular complexity index is 621. The first-order valence-corrected chi connectivity index (χ1v) is 6.23. The standard InChI is InChI=1S/C18H17N/c1-4-19-15(3)18-13-9-8-12-17(18)14(2)16-10-6-5-7-11-16/h4-13H,1-2H2,3H3/b19-15-. The monoisotopic (exact) mass is 247 g/mol. The molecule has 0 saturated carbocycles. The second kappa shape index (κ2) is 5.96. The molecule has 0 heterocycles. The number of benzene rings is 2. The molecule has 0 aliphatic heterocycles. The van der Waals surface area contributed by atoms with Crippen LogP contribution in [-0.2, 0) is 0 Å². The summed E-state index contributed by atoms with van der Waals surface area (Å²) in [4.78, 5) is 4.27. The average molecular weight is 247 g/mol. The predicted molar refractivity (Wildman–Crippen MR) is 83.4 cm³/mol. The third-order valence-corrected chi connectivity index (χ3v) is 3.05. The van der Waals surface area contributed by atoms with Crippen LogP contribution in [0.1, 0.15) is 23.6 Å². The van der Waals surface area contributed by atoms with Crippen LogP contribution in [0.5, 0.6) is 0 Å². The van der Waals surface area contributed by atoms with E-state index in [9.17, 15) is 0 Å². The van der Waals surface area contributed by atoms with E-state index >= 15 is 0 Å². The normalized spacial score (nSPS) is 11.1. The lowest BCUT2D eigenvalue weighted by atomic mass is 9.93. The zero-order chi connectivity index (χ0) is 13.7. The fraction of sp³-hybridized carbons (Fsp3) is 0.0556. The van der Waals surface area contributed by atoms with Gasteiger partial charge < -0.3 is 0 Å². The minimum atomic E-state index is 0.947. The van der Waals surface area contributed by atoms with Gasteiger partial charge >= 0.3 is 0 Å². The Morgan fingerprint density at radius 1 is 0.947 bits per heavy atom. The molecule has 94 valence electrons. The molecule has 0 amide bonds. The van der Waals surface area contributed by atoms with Crippen LogP contribution in [0.3, 0.4) is 0 Å². The SMILES string of the molecule is C=C/N=C(/C)c1ccccc1C(=C)c1ccccc1. The molecule has 0 aliphatic carbocycles. The highest BCUT2D eigenvalue weighted by molar-refractivity contribution is 6.04. The molecule has 0 radical (unpaired) electrons. The molecule has 0 N–H and O–H groups in total. The van der Waals surface area contributed by atoms with Crippen molar-refractivity contribution in [1.29, 1.82) is 0 Å². The lowest BCUT2D eigenvalue weighted by molar-refractivity contribution is 1.47. The number of rotatable bonds is 4. The van der Waals surface area contributed by atoms with E-state index in [0.29, 0.717) is 0 Å². The van der Waals surface area contributed by atoms with Crippen molar-refractivity contribution in [2.75, 3.05) is 0 Å². The highest BCUT2D eigenvalue weighted by atomic mass is 14.7. The Labute approximate surface area is 114 Å². The Balaban J connectivity index is 2.49. The van der Waals surface area contributed by atoms with E-state index in [4.69, 9.17) is 0 Å². The van der Waals surface area contributed by atoms with Crippen LogP contribution in [-0.4, -0.2) is 5.71 Å². The molecule has 0 bridgehead atoms. The van der Waals surface area contributed by atoms with E-state index in [2.05, 4.69) is 42.4 Å². The van der Waals surface area contributed by atoms with Crippen LogP contribution in [0.2, 0.25) is 0 Å². The highest BCUT2D eigenvalue weighted by Gasteiger charge is 2.09. The van der Waals surface area contributed by atoms with Crippen LogP contribution in [0.25, 0.3) is 5.57 Å².